The van der Waals surface area contributed by atoms with Crippen LogP contribution < -0.4 is 11.1 Å². The first kappa shape index (κ1) is 19.9. The van der Waals surface area contributed by atoms with Crippen molar-refractivity contribution in [3.8, 4) is 0 Å². The van der Waals surface area contributed by atoms with Crippen molar-refractivity contribution in [1.29, 1.82) is 0 Å². The van der Waals surface area contributed by atoms with E-state index in [9.17, 15) is 18.8 Å². The summed E-state index contributed by atoms with van der Waals surface area (Å²) in [6.07, 6.45) is -0.852. The number of carboxylic acid groups (broad SMARTS) is 1. The number of rotatable bonds is 7. The lowest BCUT2D eigenvalue weighted by Crippen LogP contribution is -2.38. The average molecular weight is 374 g/mol. The number of hydrogen-bond donors (Lipinski definition) is 3. The molecule has 0 aromatic heterocycles. The Hall–Kier alpha value is -3.42. The number of alkyl carbamates (subject to hydrolysis) is 1. The van der Waals surface area contributed by atoms with Crippen LogP contribution in [0.25, 0.3) is 0 Å². The molecule has 27 heavy (non-hydrogen) atoms. The summed E-state index contributed by atoms with van der Waals surface area (Å²) in [6, 6.07) is 11.1. The summed E-state index contributed by atoms with van der Waals surface area (Å²) < 4.78 is 18.0. The highest BCUT2D eigenvalue weighted by Gasteiger charge is 2.20. The summed E-state index contributed by atoms with van der Waals surface area (Å²) in [5, 5.41) is 10.9. The van der Waals surface area contributed by atoms with Crippen LogP contribution in [-0.4, -0.2) is 29.1 Å². The molecule has 8 heteroatoms. The molecule has 2 amide bonds. The Morgan fingerprint density at radius 2 is 1.59 bits per heavy atom. The van der Waals surface area contributed by atoms with E-state index < -0.39 is 35.7 Å². The van der Waals surface area contributed by atoms with Gasteiger partial charge in [0.05, 0.1) is 5.92 Å². The van der Waals surface area contributed by atoms with Gasteiger partial charge in [-0.2, -0.15) is 0 Å². The molecule has 0 aliphatic rings. The highest BCUT2D eigenvalue weighted by atomic mass is 19.1. The van der Waals surface area contributed by atoms with E-state index in [1.165, 1.54) is 31.2 Å². The maximum Gasteiger partial charge on any atom is 0.408 e. The van der Waals surface area contributed by atoms with Crippen molar-refractivity contribution < 1.29 is 28.6 Å². The molecule has 2 rings (SSSR count). The van der Waals surface area contributed by atoms with Gasteiger partial charge < -0.3 is 20.9 Å². The van der Waals surface area contributed by atoms with Crippen LogP contribution >= 0.6 is 0 Å². The van der Waals surface area contributed by atoms with Crippen molar-refractivity contribution in [2.24, 2.45) is 5.73 Å². The average Bonchev–Trinajstić information content (AvgIpc) is 2.62. The molecule has 0 aliphatic carbocycles. The third-order valence-corrected chi connectivity index (χ3v) is 3.88. The summed E-state index contributed by atoms with van der Waals surface area (Å²) in [6.45, 7) is 1.24. The van der Waals surface area contributed by atoms with Crippen LogP contribution in [0.15, 0.2) is 48.5 Å². The third-order valence-electron chi connectivity index (χ3n) is 3.88. The topological polar surface area (TPSA) is 119 Å². The number of hydrogen-bond acceptors (Lipinski definition) is 4. The minimum atomic E-state index is -1.17. The van der Waals surface area contributed by atoms with Gasteiger partial charge in [-0.3, -0.25) is 9.59 Å². The molecule has 7 nitrogen and oxygen atoms in total. The molecule has 1 unspecified atom stereocenters. The minimum Gasteiger partial charge on any atom is -0.480 e. The monoisotopic (exact) mass is 374 g/mol. The van der Waals surface area contributed by atoms with Crippen LogP contribution in [0.2, 0.25) is 0 Å². The second kappa shape index (κ2) is 8.79. The molecule has 0 saturated heterocycles. The van der Waals surface area contributed by atoms with E-state index in [4.69, 9.17) is 15.6 Å². The van der Waals surface area contributed by atoms with Crippen LogP contribution in [0.3, 0.4) is 0 Å². The van der Waals surface area contributed by atoms with E-state index in [0.717, 1.165) is 0 Å². The maximum atomic E-state index is 13.1. The number of nitrogens with two attached hydrogens (primary N) is 1. The summed E-state index contributed by atoms with van der Waals surface area (Å²) in [5.41, 5.74) is 7.30. The van der Waals surface area contributed by atoms with E-state index in [0.29, 0.717) is 16.7 Å². The second-order valence-corrected chi connectivity index (χ2v) is 5.91. The molecule has 0 radical (unpaired) electrons. The SMILES string of the molecule is C[C@@H](NC(=O)OCc1ccc(C(C(N)=O)c2ccc(F)cc2)cc1)C(=O)O. The van der Waals surface area contributed by atoms with Crippen molar-refractivity contribution in [2.75, 3.05) is 0 Å². The van der Waals surface area contributed by atoms with Gasteiger partial charge in [-0.15, -0.1) is 0 Å². The molecule has 0 aliphatic heterocycles. The molecule has 0 fully saturated rings. The third kappa shape index (κ3) is 5.53. The highest BCUT2D eigenvalue weighted by Crippen LogP contribution is 2.25. The number of ether oxygens (including phenoxy) is 1. The Morgan fingerprint density at radius 1 is 1.07 bits per heavy atom. The van der Waals surface area contributed by atoms with Gasteiger partial charge in [0, 0.05) is 0 Å². The van der Waals surface area contributed by atoms with Crippen LogP contribution in [0.5, 0.6) is 0 Å². The van der Waals surface area contributed by atoms with Gasteiger partial charge in [0.15, 0.2) is 0 Å². The molecule has 0 bridgehead atoms. The van der Waals surface area contributed by atoms with E-state index in [-0.39, 0.29) is 6.61 Å². The lowest BCUT2D eigenvalue weighted by Gasteiger charge is -2.15. The summed E-state index contributed by atoms with van der Waals surface area (Å²) in [4.78, 5) is 34.0. The van der Waals surface area contributed by atoms with Gasteiger partial charge in [-0.1, -0.05) is 36.4 Å². The number of benzene rings is 2. The molecule has 2 aromatic carbocycles. The van der Waals surface area contributed by atoms with Gasteiger partial charge in [-0.25, -0.2) is 9.18 Å². The first-order valence-corrected chi connectivity index (χ1v) is 8.07. The zero-order valence-corrected chi connectivity index (χ0v) is 14.5. The molecular weight excluding hydrogens is 355 g/mol. The van der Waals surface area contributed by atoms with Crippen LogP contribution in [0.1, 0.15) is 29.5 Å². The second-order valence-electron chi connectivity index (χ2n) is 5.91. The molecule has 0 heterocycles. The summed E-state index contributed by atoms with van der Waals surface area (Å²) in [7, 11) is 0. The lowest BCUT2D eigenvalue weighted by molar-refractivity contribution is -0.138. The standard InChI is InChI=1S/C19H19FN2O5/c1-11(18(24)25)22-19(26)27-10-12-2-4-13(5-3-12)16(17(21)23)14-6-8-15(20)9-7-14/h2-9,11,16H,10H2,1H3,(H2,21,23)(H,22,26)(H,24,25)/t11-,16?/m1/s1. The molecule has 142 valence electrons. The Labute approximate surface area is 154 Å². The molecule has 0 spiro atoms. The fourth-order valence-corrected chi connectivity index (χ4v) is 2.41. The predicted octanol–water partition coefficient (Wildman–Crippen LogP) is 2.14. The van der Waals surface area contributed by atoms with Crippen molar-refractivity contribution in [3.05, 3.63) is 71.0 Å². The van der Waals surface area contributed by atoms with Gasteiger partial charge in [0.25, 0.3) is 0 Å². The van der Waals surface area contributed by atoms with Crippen molar-refractivity contribution in [3.63, 3.8) is 0 Å². The number of aliphatic carboxylic acids is 1. The largest absolute Gasteiger partial charge is 0.480 e. The number of amides is 2. The normalized spacial score (nSPS) is 12.7. The Balaban J connectivity index is 2.04. The van der Waals surface area contributed by atoms with Gasteiger partial charge in [0.2, 0.25) is 5.91 Å². The number of primary amides is 1. The smallest absolute Gasteiger partial charge is 0.408 e. The number of nitrogens with one attached hydrogen (secondary N) is 1. The number of carbonyl (C=O) groups is 3. The quantitative estimate of drug-likeness (QED) is 0.686. The fraction of sp³-hybridized carbons (Fsp3) is 0.211. The summed E-state index contributed by atoms with van der Waals surface area (Å²) >= 11 is 0. The van der Waals surface area contributed by atoms with Crippen LogP contribution in [-0.2, 0) is 20.9 Å². The first-order chi connectivity index (χ1) is 12.8. The lowest BCUT2D eigenvalue weighted by atomic mass is 9.90. The summed E-state index contributed by atoms with van der Waals surface area (Å²) in [5.74, 6) is -2.90. The fourth-order valence-electron chi connectivity index (χ4n) is 2.41. The van der Waals surface area contributed by atoms with Crippen LogP contribution in [0, 0.1) is 5.82 Å². The van der Waals surface area contributed by atoms with Gasteiger partial charge in [0.1, 0.15) is 18.5 Å². The highest BCUT2D eigenvalue weighted by molar-refractivity contribution is 5.85. The van der Waals surface area contributed by atoms with E-state index in [2.05, 4.69) is 5.32 Å². The van der Waals surface area contributed by atoms with Crippen molar-refractivity contribution >= 4 is 18.0 Å². The number of carbonyl (C=O) groups excluding carboxylic acids is 2. The molecule has 2 aromatic rings. The predicted molar refractivity (Wildman–Crippen MR) is 94.3 cm³/mol. The van der Waals surface area contributed by atoms with Gasteiger partial charge in [-0.05, 0) is 35.7 Å². The number of carboxylic acids is 1. The Bertz CT molecular complexity index is 821. The van der Waals surface area contributed by atoms with E-state index >= 15 is 0 Å². The first-order valence-electron chi connectivity index (χ1n) is 8.07. The van der Waals surface area contributed by atoms with E-state index in [1.54, 1.807) is 24.3 Å². The maximum absolute atomic E-state index is 13.1. The van der Waals surface area contributed by atoms with Crippen LogP contribution in [0.4, 0.5) is 9.18 Å². The molecular formula is C19H19FN2O5. The molecule has 2 atom stereocenters. The number of halogens is 1. The van der Waals surface area contributed by atoms with Crippen molar-refractivity contribution in [2.45, 2.75) is 25.5 Å². The Morgan fingerprint density at radius 3 is 2.07 bits per heavy atom. The molecule has 4 N–H and O–H groups in total. The zero-order chi connectivity index (χ0) is 20.0. The van der Waals surface area contributed by atoms with E-state index in [1.807, 2.05) is 0 Å². The zero-order valence-electron chi connectivity index (χ0n) is 14.5. The minimum absolute atomic E-state index is 0.0732. The molecule has 0 saturated carbocycles. The van der Waals surface area contributed by atoms with Gasteiger partial charge >= 0.3 is 12.1 Å². The Kier molecular flexibility index (Phi) is 6.48. The van der Waals surface area contributed by atoms with Crippen molar-refractivity contribution in [1.82, 2.24) is 5.32 Å².